The summed E-state index contributed by atoms with van der Waals surface area (Å²) in [7, 11) is 0. The fourth-order valence-electron chi connectivity index (χ4n) is 1.89. The van der Waals surface area contributed by atoms with Crippen molar-refractivity contribution in [3.8, 4) is 11.3 Å². The first kappa shape index (κ1) is 15.4. The second-order valence-electron chi connectivity index (χ2n) is 4.56. The standard InChI is InChI=1S/C15H17Cl2NO2/c1-2-11(9-19)18-8-12-4-6-15(20-12)13-7-10(16)3-5-14(13)17/h3-7,11,18-19H,2,8-9H2,1H3. The van der Waals surface area contributed by atoms with Crippen LogP contribution in [0.5, 0.6) is 0 Å². The molecule has 0 aliphatic heterocycles. The van der Waals surface area contributed by atoms with Crippen molar-refractivity contribution in [2.45, 2.75) is 25.9 Å². The summed E-state index contributed by atoms with van der Waals surface area (Å²) >= 11 is 12.1. The molecule has 0 saturated carbocycles. The number of hydrogen-bond acceptors (Lipinski definition) is 3. The Morgan fingerprint density at radius 3 is 2.75 bits per heavy atom. The maximum atomic E-state index is 9.13. The van der Waals surface area contributed by atoms with Crippen molar-refractivity contribution >= 4 is 23.2 Å². The van der Waals surface area contributed by atoms with Crippen LogP contribution in [0.15, 0.2) is 34.7 Å². The molecular weight excluding hydrogens is 297 g/mol. The fourth-order valence-corrected chi connectivity index (χ4v) is 2.27. The van der Waals surface area contributed by atoms with Crippen LogP contribution in [0.25, 0.3) is 11.3 Å². The van der Waals surface area contributed by atoms with Crippen LogP contribution in [0, 0.1) is 0 Å². The third-order valence-corrected chi connectivity index (χ3v) is 3.70. The molecule has 2 aromatic rings. The number of benzene rings is 1. The van der Waals surface area contributed by atoms with Crippen molar-refractivity contribution < 1.29 is 9.52 Å². The van der Waals surface area contributed by atoms with Gasteiger partial charge in [0.25, 0.3) is 0 Å². The van der Waals surface area contributed by atoms with Crippen LogP contribution in [0.1, 0.15) is 19.1 Å². The molecule has 0 fully saturated rings. The highest BCUT2D eigenvalue weighted by atomic mass is 35.5. The van der Waals surface area contributed by atoms with Crippen LogP contribution in [0.3, 0.4) is 0 Å². The molecule has 1 atom stereocenters. The van der Waals surface area contributed by atoms with Crippen LogP contribution in [-0.4, -0.2) is 17.8 Å². The maximum Gasteiger partial charge on any atom is 0.135 e. The lowest BCUT2D eigenvalue weighted by Gasteiger charge is -2.12. The minimum absolute atomic E-state index is 0.0818. The average Bonchev–Trinajstić information content (AvgIpc) is 2.91. The molecule has 1 aromatic carbocycles. The molecule has 3 nitrogen and oxygen atoms in total. The Morgan fingerprint density at radius 1 is 1.25 bits per heavy atom. The number of hydrogen-bond donors (Lipinski definition) is 2. The summed E-state index contributed by atoms with van der Waals surface area (Å²) in [4.78, 5) is 0. The highest BCUT2D eigenvalue weighted by Gasteiger charge is 2.10. The number of halogens is 2. The van der Waals surface area contributed by atoms with Gasteiger partial charge in [0.15, 0.2) is 0 Å². The first-order valence-corrected chi connectivity index (χ1v) is 7.28. The minimum atomic E-state index is 0.0818. The number of aliphatic hydroxyl groups excluding tert-OH is 1. The van der Waals surface area contributed by atoms with Crippen molar-refractivity contribution in [1.82, 2.24) is 5.32 Å². The predicted octanol–water partition coefficient (Wildman–Crippen LogP) is 4.11. The zero-order valence-electron chi connectivity index (χ0n) is 11.2. The quantitative estimate of drug-likeness (QED) is 0.843. The lowest BCUT2D eigenvalue weighted by Crippen LogP contribution is -2.30. The van der Waals surface area contributed by atoms with Gasteiger partial charge >= 0.3 is 0 Å². The lowest BCUT2D eigenvalue weighted by molar-refractivity contribution is 0.235. The van der Waals surface area contributed by atoms with Gasteiger partial charge in [-0.1, -0.05) is 30.1 Å². The van der Waals surface area contributed by atoms with E-state index < -0.39 is 0 Å². The molecule has 108 valence electrons. The van der Waals surface area contributed by atoms with E-state index in [1.807, 2.05) is 19.1 Å². The van der Waals surface area contributed by atoms with Crippen molar-refractivity contribution in [2.24, 2.45) is 0 Å². The monoisotopic (exact) mass is 313 g/mol. The zero-order chi connectivity index (χ0) is 14.5. The first-order chi connectivity index (χ1) is 9.63. The Balaban J connectivity index is 2.10. The van der Waals surface area contributed by atoms with Gasteiger partial charge in [-0.25, -0.2) is 0 Å². The van der Waals surface area contributed by atoms with Gasteiger partial charge in [0.05, 0.1) is 18.2 Å². The average molecular weight is 314 g/mol. The summed E-state index contributed by atoms with van der Waals surface area (Å²) < 4.78 is 5.76. The summed E-state index contributed by atoms with van der Waals surface area (Å²) in [6.07, 6.45) is 0.865. The smallest absolute Gasteiger partial charge is 0.135 e. The maximum absolute atomic E-state index is 9.13. The van der Waals surface area contributed by atoms with E-state index in [2.05, 4.69) is 5.32 Å². The molecule has 0 radical (unpaired) electrons. The molecular formula is C15H17Cl2NO2. The zero-order valence-corrected chi connectivity index (χ0v) is 12.7. The Bertz CT molecular complexity index is 565. The Hall–Kier alpha value is -1.00. The molecule has 0 bridgehead atoms. The second kappa shape index (κ2) is 7.14. The Kier molecular flexibility index (Phi) is 5.49. The molecule has 0 aliphatic rings. The molecule has 1 unspecified atom stereocenters. The highest BCUT2D eigenvalue weighted by Crippen LogP contribution is 2.31. The van der Waals surface area contributed by atoms with E-state index in [-0.39, 0.29) is 12.6 Å². The van der Waals surface area contributed by atoms with Crippen molar-refractivity contribution in [3.05, 3.63) is 46.1 Å². The van der Waals surface area contributed by atoms with Crippen LogP contribution < -0.4 is 5.32 Å². The number of aliphatic hydroxyl groups is 1. The van der Waals surface area contributed by atoms with Crippen molar-refractivity contribution in [1.29, 1.82) is 0 Å². The number of rotatable bonds is 6. The molecule has 5 heteroatoms. The number of furan rings is 1. The van der Waals surface area contributed by atoms with Gasteiger partial charge in [0.2, 0.25) is 0 Å². The SMILES string of the molecule is CCC(CO)NCc1ccc(-c2cc(Cl)ccc2Cl)o1. The number of nitrogens with one attached hydrogen (secondary N) is 1. The van der Waals surface area contributed by atoms with E-state index in [4.69, 9.17) is 32.7 Å². The highest BCUT2D eigenvalue weighted by molar-refractivity contribution is 6.35. The van der Waals surface area contributed by atoms with Crippen LogP contribution in [-0.2, 0) is 6.54 Å². The summed E-state index contributed by atoms with van der Waals surface area (Å²) in [5, 5.41) is 13.6. The molecule has 2 N–H and O–H groups in total. The second-order valence-corrected chi connectivity index (χ2v) is 5.40. The molecule has 1 aromatic heterocycles. The third kappa shape index (κ3) is 3.76. The van der Waals surface area contributed by atoms with Crippen LogP contribution in [0.2, 0.25) is 10.0 Å². The van der Waals surface area contributed by atoms with Crippen LogP contribution >= 0.6 is 23.2 Å². The Morgan fingerprint density at radius 2 is 2.05 bits per heavy atom. The molecule has 2 rings (SSSR count). The topological polar surface area (TPSA) is 45.4 Å². The van der Waals surface area contributed by atoms with Gasteiger partial charge in [0, 0.05) is 16.6 Å². The third-order valence-electron chi connectivity index (χ3n) is 3.13. The molecule has 0 saturated heterocycles. The molecule has 1 heterocycles. The largest absolute Gasteiger partial charge is 0.460 e. The van der Waals surface area contributed by atoms with Gasteiger partial charge in [0.1, 0.15) is 11.5 Å². The summed E-state index contributed by atoms with van der Waals surface area (Å²) in [6.45, 7) is 2.70. The molecule has 0 aliphatic carbocycles. The predicted molar refractivity (Wildman–Crippen MR) is 82.2 cm³/mol. The lowest BCUT2D eigenvalue weighted by atomic mass is 10.2. The minimum Gasteiger partial charge on any atom is -0.460 e. The van der Waals surface area contributed by atoms with Gasteiger partial charge < -0.3 is 14.8 Å². The molecule has 20 heavy (non-hydrogen) atoms. The summed E-state index contributed by atoms with van der Waals surface area (Å²) in [5.74, 6) is 1.48. The van der Waals surface area contributed by atoms with Gasteiger partial charge in [-0.15, -0.1) is 0 Å². The Labute approximate surface area is 128 Å². The van der Waals surface area contributed by atoms with E-state index in [0.29, 0.717) is 22.4 Å². The van der Waals surface area contributed by atoms with Crippen molar-refractivity contribution in [3.63, 3.8) is 0 Å². The van der Waals surface area contributed by atoms with E-state index in [1.165, 1.54) is 0 Å². The molecule has 0 amide bonds. The van der Waals surface area contributed by atoms with Crippen molar-refractivity contribution in [2.75, 3.05) is 6.61 Å². The fraction of sp³-hybridized carbons (Fsp3) is 0.333. The normalized spacial score (nSPS) is 12.6. The van der Waals surface area contributed by atoms with E-state index in [0.717, 1.165) is 17.7 Å². The molecule has 0 spiro atoms. The van der Waals surface area contributed by atoms with Crippen LogP contribution in [0.4, 0.5) is 0 Å². The van der Waals surface area contributed by atoms with E-state index in [9.17, 15) is 0 Å². The van der Waals surface area contributed by atoms with Gasteiger partial charge in [-0.05, 0) is 36.8 Å². The van der Waals surface area contributed by atoms with Gasteiger partial charge in [-0.2, -0.15) is 0 Å². The summed E-state index contributed by atoms with van der Waals surface area (Å²) in [6, 6.07) is 9.11. The van der Waals surface area contributed by atoms with E-state index in [1.54, 1.807) is 18.2 Å². The van der Waals surface area contributed by atoms with Gasteiger partial charge in [-0.3, -0.25) is 0 Å². The first-order valence-electron chi connectivity index (χ1n) is 6.52. The van der Waals surface area contributed by atoms with E-state index >= 15 is 0 Å². The summed E-state index contributed by atoms with van der Waals surface area (Å²) in [5.41, 5.74) is 0.777.